The lowest BCUT2D eigenvalue weighted by Gasteiger charge is -2.01. The van der Waals surface area contributed by atoms with Gasteiger partial charge in [-0.05, 0) is 26.7 Å². The van der Waals surface area contributed by atoms with Gasteiger partial charge >= 0.3 is 0 Å². The van der Waals surface area contributed by atoms with E-state index >= 15 is 0 Å². The van der Waals surface area contributed by atoms with Crippen molar-refractivity contribution in [3.8, 4) is 0 Å². The molecule has 0 aromatic rings. The first-order chi connectivity index (χ1) is 4.81. The fourth-order valence-electron chi connectivity index (χ4n) is 0.683. The molecule has 0 aromatic heterocycles. The quantitative estimate of drug-likeness (QED) is 0.594. The van der Waals surface area contributed by atoms with Gasteiger partial charge in [0.1, 0.15) is 0 Å². The van der Waals surface area contributed by atoms with Crippen molar-refractivity contribution in [3.05, 3.63) is 24.3 Å². The lowest BCUT2D eigenvalue weighted by atomic mass is 10.2. The van der Waals surface area contributed by atoms with E-state index in [0.717, 1.165) is 12.8 Å². The Labute approximate surface area is 63.1 Å². The zero-order valence-electron chi connectivity index (χ0n) is 6.75. The van der Waals surface area contributed by atoms with Crippen LogP contribution in [0, 0.1) is 0 Å². The Kier molecular flexibility index (Phi) is 6.19. The topological polar surface area (TPSA) is 20.2 Å². The first kappa shape index (κ1) is 9.44. The molecular formula is C9H16O. The zero-order chi connectivity index (χ0) is 7.82. The molecule has 0 amide bonds. The smallest absolute Gasteiger partial charge is 0.0609 e. The fourth-order valence-corrected chi connectivity index (χ4v) is 0.683. The Balaban J connectivity index is 3.33. The zero-order valence-corrected chi connectivity index (χ0v) is 6.75. The van der Waals surface area contributed by atoms with Gasteiger partial charge in [0.2, 0.25) is 0 Å². The predicted octanol–water partition coefficient (Wildman–Crippen LogP) is 2.28. The highest BCUT2D eigenvalue weighted by atomic mass is 16.3. The summed E-state index contributed by atoms with van der Waals surface area (Å²) < 4.78 is 0. The average molecular weight is 140 g/mol. The number of allylic oxidation sites excluding steroid dienone is 2. The number of aliphatic hydroxyl groups excluding tert-OH is 1. The van der Waals surface area contributed by atoms with Crippen molar-refractivity contribution in [2.45, 2.75) is 32.8 Å². The van der Waals surface area contributed by atoms with Gasteiger partial charge in [-0.25, -0.2) is 0 Å². The predicted molar refractivity (Wildman–Crippen MR) is 44.9 cm³/mol. The van der Waals surface area contributed by atoms with Crippen molar-refractivity contribution in [2.24, 2.45) is 0 Å². The molecule has 0 fully saturated rings. The van der Waals surface area contributed by atoms with Gasteiger partial charge in [0.05, 0.1) is 6.10 Å². The number of hydrogen-bond donors (Lipinski definition) is 1. The summed E-state index contributed by atoms with van der Waals surface area (Å²) in [6, 6.07) is 0. The molecule has 0 heterocycles. The van der Waals surface area contributed by atoms with Crippen LogP contribution in [0.25, 0.3) is 0 Å². The molecule has 0 saturated heterocycles. The van der Waals surface area contributed by atoms with Gasteiger partial charge in [0.15, 0.2) is 0 Å². The summed E-state index contributed by atoms with van der Waals surface area (Å²) in [7, 11) is 0. The lowest BCUT2D eigenvalue weighted by molar-refractivity contribution is 0.181. The van der Waals surface area contributed by atoms with Crippen molar-refractivity contribution >= 4 is 0 Å². The monoisotopic (exact) mass is 140 g/mol. The van der Waals surface area contributed by atoms with Crippen LogP contribution in [-0.2, 0) is 0 Å². The normalized spacial score (nSPS) is 15.1. The summed E-state index contributed by atoms with van der Waals surface area (Å²) in [4.78, 5) is 0. The SMILES string of the molecule is CC=CCC(O)CC=CC. The van der Waals surface area contributed by atoms with E-state index in [4.69, 9.17) is 0 Å². The molecule has 0 radical (unpaired) electrons. The van der Waals surface area contributed by atoms with Gasteiger partial charge in [-0.1, -0.05) is 24.3 Å². The molecule has 0 aliphatic rings. The van der Waals surface area contributed by atoms with Gasteiger partial charge in [-0.15, -0.1) is 0 Å². The minimum atomic E-state index is -0.201. The van der Waals surface area contributed by atoms with Crippen LogP contribution in [0.1, 0.15) is 26.7 Å². The molecule has 0 rings (SSSR count). The molecule has 0 spiro atoms. The number of rotatable bonds is 4. The van der Waals surface area contributed by atoms with E-state index < -0.39 is 0 Å². The molecule has 1 N–H and O–H groups in total. The summed E-state index contributed by atoms with van der Waals surface area (Å²) in [6.45, 7) is 3.92. The van der Waals surface area contributed by atoms with Gasteiger partial charge in [-0.2, -0.15) is 0 Å². The van der Waals surface area contributed by atoms with E-state index in [-0.39, 0.29) is 6.10 Å². The maximum absolute atomic E-state index is 9.21. The second-order valence-electron chi connectivity index (χ2n) is 2.26. The highest BCUT2D eigenvalue weighted by Crippen LogP contribution is 1.99. The van der Waals surface area contributed by atoms with Crippen molar-refractivity contribution in [3.63, 3.8) is 0 Å². The highest BCUT2D eigenvalue weighted by Gasteiger charge is 1.95. The Hall–Kier alpha value is -0.560. The van der Waals surface area contributed by atoms with Gasteiger partial charge in [0, 0.05) is 0 Å². The molecule has 1 heteroatoms. The molecule has 0 bridgehead atoms. The molecule has 10 heavy (non-hydrogen) atoms. The summed E-state index contributed by atoms with van der Waals surface area (Å²) >= 11 is 0. The van der Waals surface area contributed by atoms with E-state index in [1.54, 1.807) is 0 Å². The second kappa shape index (κ2) is 6.56. The van der Waals surface area contributed by atoms with E-state index in [1.807, 2.05) is 38.2 Å². The van der Waals surface area contributed by atoms with Crippen LogP contribution >= 0.6 is 0 Å². The summed E-state index contributed by atoms with van der Waals surface area (Å²) in [5.74, 6) is 0. The molecule has 0 aliphatic heterocycles. The molecule has 58 valence electrons. The summed E-state index contributed by atoms with van der Waals surface area (Å²) in [5, 5.41) is 9.21. The number of hydrogen-bond acceptors (Lipinski definition) is 1. The molecule has 0 unspecified atom stereocenters. The Morgan fingerprint density at radius 3 is 1.80 bits per heavy atom. The van der Waals surface area contributed by atoms with Gasteiger partial charge < -0.3 is 5.11 Å². The molecule has 0 atom stereocenters. The maximum atomic E-state index is 9.21. The van der Waals surface area contributed by atoms with Crippen molar-refractivity contribution in [1.82, 2.24) is 0 Å². The molecular weight excluding hydrogens is 124 g/mol. The third kappa shape index (κ3) is 5.57. The van der Waals surface area contributed by atoms with E-state index in [2.05, 4.69) is 0 Å². The molecule has 0 aromatic carbocycles. The third-order valence-electron chi connectivity index (χ3n) is 1.29. The van der Waals surface area contributed by atoms with Crippen LogP contribution in [0.15, 0.2) is 24.3 Å². The van der Waals surface area contributed by atoms with Crippen LogP contribution in [-0.4, -0.2) is 11.2 Å². The third-order valence-corrected chi connectivity index (χ3v) is 1.29. The minimum absolute atomic E-state index is 0.201. The molecule has 0 aliphatic carbocycles. The Morgan fingerprint density at radius 1 is 1.10 bits per heavy atom. The Morgan fingerprint density at radius 2 is 1.50 bits per heavy atom. The maximum Gasteiger partial charge on any atom is 0.0609 e. The van der Waals surface area contributed by atoms with E-state index in [9.17, 15) is 5.11 Å². The standard InChI is InChI=1S/C9H16O/c1-3-5-7-9(10)8-6-4-2/h3-6,9-10H,7-8H2,1-2H3. The van der Waals surface area contributed by atoms with E-state index in [0.29, 0.717) is 0 Å². The van der Waals surface area contributed by atoms with Crippen LogP contribution in [0.2, 0.25) is 0 Å². The summed E-state index contributed by atoms with van der Waals surface area (Å²) in [5.41, 5.74) is 0. The van der Waals surface area contributed by atoms with Crippen molar-refractivity contribution < 1.29 is 5.11 Å². The summed E-state index contributed by atoms with van der Waals surface area (Å²) in [6.07, 6.45) is 9.20. The fraction of sp³-hybridized carbons (Fsp3) is 0.556. The van der Waals surface area contributed by atoms with Crippen LogP contribution < -0.4 is 0 Å². The number of aliphatic hydroxyl groups is 1. The van der Waals surface area contributed by atoms with E-state index in [1.165, 1.54) is 0 Å². The van der Waals surface area contributed by atoms with Crippen LogP contribution in [0.5, 0.6) is 0 Å². The molecule has 1 nitrogen and oxygen atoms in total. The van der Waals surface area contributed by atoms with Crippen molar-refractivity contribution in [2.75, 3.05) is 0 Å². The minimum Gasteiger partial charge on any atom is -0.392 e. The van der Waals surface area contributed by atoms with Crippen LogP contribution in [0.4, 0.5) is 0 Å². The van der Waals surface area contributed by atoms with Gasteiger partial charge in [0.25, 0.3) is 0 Å². The van der Waals surface area contributed by atoms with Gasteiger partial charge in [-0.3, -0.25) is 0 Å². The lowest BCUT2D eigenvalue weighted by Crippen LogP contribution is -2.01. The largest absolute Gasteiger partial charge is 0.392 e. The first-order valence-electron chi connectivity index (χ1n) is 3.71. The Bertz CT molecular complexity index is 99.9. The van der Waals surface area contributed by atoms with Crippen LogP contribution in [0.3, 0.4) is 0 Å². The highest BCUT2D eigenvalue weighted by molar-refractivity contribution is 4.85. The average Bonchev–Trinajstić information content (AvgIpc) is 1.97. The van der Waals surface area contributed by atoms with Crippen molar-refractivity contribution in [1.29, 1.82) is 0 Å². The molecule has 0 saturated carbocycles. The second-order valence-corrected chi connectivity index (χ2v) is 2.26. The first-order valence-corrected chi connectivity index (χ1v) is 3.71.